The molecule has 0 aliphatic carbocycles. The number of carbonyl (C=O) groups is 1. The van der Waals surface area contributed by atoms with Crippen LogP contribution in [-0.4, -0.2) is 32.2 Å². The lowest BCUT2D eigenvalue weighted by molar-refractivity contribution is -0.116. The van der Waals surface area contributed by atoms with E-state index in [0.717, 1.165) is 15.4 Å². The van der Waals surface area contributed by atoms with Gasteiger partial charge in [0.2, 0.25) is 15.9 Å². The largest absolute Gasteiger partial charge is 0.325 e. The maximum Gasteiger partial charge on any atom is 0.243 e. The molecular weight excluding hydrogens is 360 g/mol. The maximum atomic E-state index is 13.0. The Labute approximate surface area is 162 Å². The highest BCUT2D eigenvalue weighted by Crippen LogP contribution is 2.28. The van der Waals surface area contributed by atoms with E-state index in [0.29, 0.717) is 11.3 Å². The van der Waals surface area contributed by atoms with E-state index in [1.807, 2.05) is 52.0 Å². The van der Waals surface area contributed by atoms with Crippen LogP contribution in [0.1, 0.15) is 37.5 Å². The van der Waals surface area contributed by atoms with Crippen LogP contribution >= 0.6 is 0 Å². The van der Waals surface area contributed by atoms with Crippen molar-refractivity contribution in [2.45, 2.75) is 44.9 Å². The van der Waals surface area contributed by atoms with Gasteiger partial charge in [0.1, 0.15) is 0 Å². The van der Waals surface area contributed by atoms with Gasteiger partial charge in [-0.3, -0.25) is 4.79 Å². The highest BCUT2D eigenvalue weighted by atomic mass is 32.2. The Morgan fingerprint density at radius 2 is 1.63 bits per heavy atom. The first-order valence-corrected chi connectivity index (χ1v) is 10.3. The average Bonchev–Trinajstić information content (AvgIpc) is 2.56. The number of nitrogens with zero attached hydrogens (tertiary/aromatic N) is 1. The molecule has 0 radical (unpaired) electrons. The molecule has 0 bridgehead atoms. The van der Waals surface area contributed by atoms with Crippen LogP contribution in [0.25, 0.3) is 0 Å². The quantitative estimate of drug-likeness (QED) is 0.846. The molecule has 0 spiro atoms. The number of likely N-dealkylation sites (N-methyl/N-ethyl adjacent to an activating group) is 1. The predicted molar refractivity (Wildman–Crippen MR) is 110 cm³/mol. The minimum absolute atomic E-state index is 0.167. The zero-order chi connectivity index (χ0) is 20.4. The van der Waals surface area contributed by atoms with E-state index < -0.39 is 10.0 Å². The second-order valence-electron chi connectivity index (χ2n) is 7.91. The van der Waals surface area contributed by atoms with Crippen molar-refractivity contribution in [3.63, 3.8) is 0 Å². The van der Waals surface area contributed by atoms with E-state index in [4.69, 9.17) is 0 Å². The molecule has 0 saturated carbocycles. The number of anilines is 1. The van der Waals surface area contributed by atoms with Crippen molar-refractivity contribution in [1.82, 2.24) is 4.31 Å². The first-order chi connectivity index (χ1) is 12.4. The van der Waals surface area contributed by atoms with Crippen LogP contribution < -0.4 is 5.32 Å². The molecule has 0 heterocycles. The van der Waals surface area contributed by atoms with Gasteiger partial charge in [0, 0.05) is 12.7 Å². The maximum absolute atomic E-state index is 13.0. The summed E-state index contributed by atoms with van der Waals surface area (Å²) in [4.78, 5) is 12.5. The van der Waals surface area contributed by atoms with Gasteiger partial charge in [-0.15, -0.1) is 0 Å². The zero-order valence-electron chi connectivity index (χ0n) is 16.8. The normalized spacial score (nSPS) is 12.3. The van der Waals surface area contributed by atoms with Gasteiger partial charge < -0.3 is 5.32 Å². The monoisotopic (exact) mass is 388 g/mol. The van der Waals surface area contributed by atoms with Gasteiger partial charge in [-0.25, -0.2) is 8.42 Å². The van der Waals surface area contributed by atoms with Crippen molar-refractivity contribution >= 4 is 21.6 Å². The Balaban J connectivity index is 2.20. The predicted octanol–water partition coefficient (Wildman–Crippen LogP) is 3.86. The molecule has 6 heteroatoms. The molecule has 0 atom stereocenters. The van der Waals surface area contributed by atoms with E-state index in [1.165, 1.54) is 7.05 Å². The lowest BCUT2D eigenvalue weighted by Gasteiger charge is -2.23. The average molecular weight is 389 g/mol. The number of nitrogens with one attached hydrogen (secondary N) is 1. The van der Waals surface area contributed by atoms with Crippen molar-refractivity contribution in [1.29, 1.82) is 0 Å². The fourth-order valence-electron chi connectivity index (χ4n) is 2.64. The lowest BCUT2D eigenvalue weighted by atomic mass is 9.87. The van der Waals surface area contributed by atoms with Gasteiger partial charge in [-0.1, -0.05) is 50.6 Å². The van der Waals surface area contributed by atoms with Crippen LogP contribution in [0.15, 0.2) is 47.4 Å². The summed E-state index contributed by atoms with van der Waals surface area (Å²) in [5, 5.41) is 2.73. The van der Waals surface area contributed by atoms with Crippen LogP contribution in [0.5, 0.6) is 0 Å². The van der Waals surface area contributed by atoms with Gasteiger partial charge in [0.15, 0.2) is 0 Å². The summed E-state index contributed by atoms with van der Waals surface area (Å²) in [6.45, 7) is 9.57. The molecule has 0 aliphatic rings. The number of hydrogen-bond donors (Lipinski definition) is 1. The van der Waals surface area contributed by atoms with Crippen LogP contribution in [0.4, 0.5) is 5.69 Å². The van der Waals surface area contributed by atoms with Crippen molar-refractivity contribution in [3.8, 4) is 0 Å². The van der Waals surface area contributed by atoms with E-state index in [-0.39, 0.29) is 22.8 Å². The molecule has 0 unspecified atom stereocenters. The van der Waals surface area contributed by atoms with E-state index >= 15 is 0 Å². The van der Waals surface area contributed by atoms with Crippen molar-refractivity contribution in [2.24, 2.45) is 0 Å². The highest BCUT2D eigenvalue weighted by Gasteiger charge is 2.26. The molecule has 0 aliphatic heterocycles. The summed E-state index contributed by atoms with van der Waals surface area (Å²) in [7, 11) is -2.35. The molecule has 2 rings (SSSR count). The van der Waals surface area contributed by atoms with E-state index in [2.05, 4.69) is 5.32 Å². The molecule has 1 N–H and O–H groups in total. The fraction of sp³-hybridized carbons (Fsp3) is 0.381. The molecule has 1 amide bonds. The molecule has 0 saturated heterocycles. The molecule has 27 heavy (non-hydrogen) atoms. The van der Waals surface area contributed by atoms with Crippen LogP contribution in [0, 0.1) is 13.8 Å². The minimum atomic E-state index is -3.77. The molecule has 2 aromatic carbocycles. The van der Waals surface area contributed by atoms with E-state index in [1.54, 1.807) is 25.1 Å². The van der Waals surface area contributed by atoms with Gasteiger partial charge in [-0.05, 0) is 48.6 Å². The van der Waals surface area contributed by atoms with Crippen molar-refractivity contribution in [2.75, 3.05) is 18.9 Å². The number of carbonyl (C=O) groups excluding carboxylic acids is 1. The number of aryl methyl sites for hydroxylation is 2. The molecule has 0 fully saturated rings. The standard InChI is InChI=1S/C21H28N2O3S/c1-15-7-11-18(12-8-15)22-20(24)14-23(6)27(25,26)19-13-17(21(3,4)5)10-9-16(19)2/h7-13H,14H2,1-6H3,(H,22,24). The lowest BCUT2D eigenvalue weighted by Crippen LogP contribution is -2.35. The Morgan fingerprint density at radius 1 is 1.04 bits per heavy atom. The Hall–Kier alpha value is -2.18. The van der Waals surface area contributed by atoms with Gasteiger partial charge in [-0.2, -0.15) is 4.31 Å². The summed E-state index contributed by atoms with van der Waals surface area (Å²) >= 11 is 0. The van der Waals surface area contributed by atoms with Crippen LogP contribution in [-0.2, 0) is 20.2 Å². The van der Waals surface area contributed by atoms with Crippen LogP contribution in [0.2, 0.25) is 0 Å². The summed E-state index contributed by atoms with van der Waals surface area (Å²) in [5.74, 6) is -0.380. The Morgan fingerprint density at radius 3 is 2.19 bits per heavy atom. The molecule has 146 valence electrons. The first kappa shape index (κ1) is 21.1. The highest BCUT2D eigenvalue weighted by molar-refractivity contribution is 7.89. The Kier molecular flexibility index (Phi) is 6.12. The zero-order valence-corrected chi connectivity index (χ0v) is 17.6. The Bertz CT molecular complexity index is 927. The third-order valence-electron chi connectivity index (χ3n) is 4.44. The van der Waals surface area contributed by atoms with Gasteiger partial charge in [0.25, 0.3) is 0 Å². The minimum Gasteiger partial charge on any atom is -0.325 e. The second kappa shape index (κ2) is 7.82. The smallest absolute Gasteiger partial charge is 0.243 e. The summed E-state index contributed by atoms with van der Waals surface area (Å²) in [6, 6.07) is 12.8. The number of hydrogen-bond acceptors (Lipinski definition) is 3. The second-order valence-corrected chi connectivity index (χ2v) is 9.92. The van der Waals surface area contributed by atoms with Crippen LogP contribution in [0.3, 0.4) is 0 Å². The van der Waals surface area contributed by atoms with Gasteiger partial charge >= 0.3 is 0 Å². The molecule has 2 aromatic rings. The SMILES string of the molecule is Cc1ccc(NC(=O)CN(C)S(=O)(=O)c2cc(C(C)(C)C)ccc2C)cc1. The number of rotatable bonds is 5. The topological polar surface area (TPSA) is 66.5 Å². The van der Waals surface area contributed by atoms with E-state index in [9.17, 15) is 13.2 Å². The van der Waals surface area contributed by atoms with Crippen molar-refractivity contribution < 1.29 is 13.2 Å². The molecule has 5 nitrogen and oxygen atoms in total. The van der Waals surface area contributed by atoms with Crippen molar-refractivity contribution in [3.05, 3.63) is 59.2 Å². The third kappa shape index (κ3) is 5.17. The summed E-state index contributed by atoms with van der Waals surface area (Å²) in [6.07, 6.45) is 0. The summed E-state index contributed by atoms with van der Waals surface area (Å²) in [5.41, 5.74) is 3.15. The molecule has 0 aromatic heterocycles. The first-order valence-electron chi connectivity index (χ1n) is 8.85. The number of amides is 1. The summed E-state index contributed by atoms with van der Waals surface area (Å²) < 4.78 is 27.1. The third-order valence-corrected chi connectivity index (χ3v) is 6.39. The number of benzene rings is 2. The fourth-order valence-corrected chi connectivity index (χ4v) is 4.01. The number of sulfonamides is 1. The van der Waals surface area contributed by atoms with Gasteiger partial charge in [0.05, 0.1) is 11.4 Å². The molecular formula is C21H28N2O3S.